The molecule has 5 aliphatic rings. The number of aliphatic imine (C=N–C) groups is 2. The van der Waals surface area contributed by atoms with E-state index in [2.05, 4.69) is 51.1 Å². The van der Waals surface area contributed by atoms with Crippen molar-refractivity contribution in [1.82, 2.24) is 0 Å². The molecule has 206 valence electrons. The van der Waals surface area contributed by atoms with Crippen molar-refractivity contribution in [2.75, 3.05) is 6.61 Å². The molecule has 4 aliphatic carbocycles. The molecule has 3 saturated carbocycles. The number of fused-ring (bicyclic) bond motifs is 7. The summed E-state index contributed by atoms with van der Waals surface area (Å²) in [5.41, 5.74) is 2.33. The van der Waals surface area contributed by atoms with E-state index in [1.165, 1.54) is 18.1 Å². The molecule has 0 saturated heterocycles. The number of carbonyl (C=O) groups excluding carboxylic acids is 2. The van der Waals surface area contributed by atoms with Crippen molar-refractivity contribution in [2.45, 2.75) is 78.0 Å². The number of nitrogens with zero attached hydrogens (tertiary/aromatic N) is 2. The minimum atomic E-state index is -1.14. The number of benzene rings is 1. The number of hydrogen-bond donors (Lipinski definition) is 1. The molecule has 0 amide bonds. The molecule has 6 rings (SSSR count). The fourth-order valence-electron chi connectivity index (χ4n) is 8.89. The van der Waals surface area contributed by atoms with Crippen LogP contribution in [0.4, 0.5) is 5.69 Å². The summed E-state index contributed by atoms with van der Waals surface area (Å²) in [7, 11) is 0. The van der Waals surface area contributed by atoms with Crippen LogP contribution in [-0.4, -0.2) is 52.8 Å². The third-order valence-corrected chi connectivity index (χ3v) is 10.4. The summed E-state index contributed by atoms with van der Waals surface area (Å²) in [6.45, 7) is 9.18. The van der Waals surface area contributed by atoms with E-state index < -0.39 is 29.1 Å². The van der Waals surface area contributed by atoms with Crippen LogP contribution in [0.15, 0.2) is 58.1 Å². The molecule has 1 aliphatic heterocycles. The van der Waals surface area contributed by atoms with Crippen molar-refractivity contribution < 1.29 is 24.2 Å². The maximum atomic E-state index is 13.7. The molecule has 0 spiro atoms. The zero-order valence-electron chi connectivity index (χ0n) is 23.4. The van der Waals surface area contributed by atoms with Gasteiger partial charge in [-0.1, -0.05) is 37.6 Å². The number of aryl methyl sites for hydroxylation is 1. The second-order valence-electron chi connectivity index (χ2n) is 12.6. The molecule has 0 aromatic heterocycles. The fourth-order valence-corrected chi connectivity index (χ4v) is 8.89. The van der Waals surface area contributed by atoms with Gasteiger partial charge < -0.3 is 14.6 Å². The van der Waals surface area contributed by atoms with Crippen LogP contribution in [0.2, 0.25) is 0 Å². The summed E-state index contributed by atoms with van der Waals surface area (Å²) < 4.78 is 11.3. The molecule has 1 heterocycles. The minimum Gasteiger partial charge on any atom is -0.475 e. The van der Waals surface area contributed by atoms with Gasteiger partial charge in [-0.05, 0) is 74.3 Å². The van der Waals surface area contributed by atoms with Gasteiger partial charge in [0.25, 0.3) is 0 Å². The van der Waals surface area contributed by atoms with E-state index in [-0.39, 0.29) is 35.6 Å². The molecular weight excluding hydrogens is 492 g/mol. The van der Waals surface area contributed by atoms with Crippen molar-refractivity contribution in [1.29, 1.82) is 0 Å². The van der Waals surface area contributed by atoms with E-state index in [1.807, 2.05) is 12.1 Å². The van der Waals surface area contributed by atoms with Gasteiger partial charge in [-0.3, -0.25) is 9.59 Å². The van der Waals surface area contributed by atoms with Crippen LogP contribution in [-0.2, 0) is 19.1 Å². The number of esters is 1. The first kappa shape index (κ1) is 26.2. The summed E-state index contributed by atoms with van der Waals surface area (Å²) in [5, 5.41) is 11.9. The maximum absolute atomic E-state index is 13.7. The predicted molar refractivity (Wildman–Crippen MR) is 149 cm³/mol. The lowest BCUT2D eigenvalue weighted by atomic mass is 9.46. The molecule has 0 bridgehead atoms. The zero-order chi connectivity index (χ0) is 27.7. The number of ketones is 1. The molecule has 8 atom stereocenters. The Kier molecular flexibility index (Phi) is 6.03. The Balaban J connectivity index is 1.33. The van der Waals surface area contributed by atoms with Crippen LogP contribution >= 0.6 is 0 Å². The number of carbonyl (C=O) groups is 2. The van der Waals surface area contributed by atoms with Gasteiger partial charge in [0.15, 0.2) is 18.0 Å². The monoisotopic (exact) mass is 530 g/mol. The van der Waals surface area contributed by atoms with Gasteiger partial charge in [0, 0.05) is 30.6 Å². The van der Waals surface area contributed by atoms with Crippen molar-refractivity contribution in [3.05, 3.63) is 53.6 Å². The van der Waals surface area contributed by atoms with E-state index >= 15 is 0 Å². The molecule has 3 fully saturated rings. The molecule has 0 radical (unpaired) electrons. The van der Waals surface area contributed by atoms with Crippen LogP contribution in [0.3, 0.4) is 0 Å². The topological polar surface area (TPSA) is 97.6 Å². The van der Waals surface area contributed by atoms with Crippen LogP contribution in [0.1, 0.15) is 58.9 Å². The van der Waals surface area contributed by atoms with Gasteiger partial charge in [0.1, 0.15) is 6.10 Å². The highest BCUT2D eigenvalue weighted by atomic mass is 16.5. The molecule has 1 aromatic carbocycles. The summed E-state index contributed by atoms with van der Waals surface area (Å²) >= 11 is 0. The van der Waals surface area contributed by atoms with Crippen molar-refractivity contribution in [3.63, 3.8) is 0 Å². The van der Waals surface area contributed by atoms with E-state index in [9.17, 15) is 14.7 Å². The van der Waals surface area contributed by atoms with Crippen LogP contribution in [0.25, 0.3) is 0 Å². The lowest BCUT2D eigenvalue weighted by molar-refractivity contribution is -0.154. The molecule has 1 N–H and O–H groups in total. The SMILES string of the molecule is CC(=O)OCC(=O)[C@@]12N=C(C)O[C@@H]1C[C@H]1[C@@H]3CCC4=CC(=Nc5cccc(C)c5)C=C[C@]4(C)[C@H]3[C@@H](O)C[C@@]12C. The van der Waals surface area contributed by atoms with Crippen LogP contribution in [0.5, 0.6) is 0 Å². The summed E-state index contributed by atoms with van der Waals surface area (Å²) in [5.74, 6) is 0.161. The van der Waals surface area contributed by atoms with Gasteiger partial charge >= 0.3 is 5.97 Å². The largest absolute Gasteiger partial charge is 0.475 e. The second kappa shape index (κ2) is 8.98. The minimum absolute atomic E-state index is 0.0249. The molecular formula is C32H38N2O5. The number of Topliss-reactive ketones (excluding diaryl/α,β-unsaturated/α-hetero) is 1. The summed E-state index contributed by atoms with van der Waals surface area (Å²) in [6, 6.07) is 8.19. The number of ether oxygens (including phenoxy) is 2. The first-order valence-electron chi connectivity index (χ1n) is 14.1. The van der Waals surface area contributed by atoms with E-state index in [0.717, 1.165) is 24.2 Å². The number of aliphatic hydroxyl groups excluding tert-OH is 1. The number of rotatable bonds is 4. The smallest absolute Gasteiger partial charge is 0.303 e. The Bertz CT molecular complexity index is 1360. The number of aliphatic hydroxyl groups is 1. The third kappa shape index (κ3) is 3.80. The Morgan fingerprint density at radius 3 is 2.79 bits per heavy atom. The van der Waals surface area contributed by atoms with Gasteiger partial charge in [-0.15, -0.1) is 0 Å². The number of hydrogen-bond acceptors (Lipinski definition) is 7. The highest BCUT2D eigenvalue weighted by molar-refractivity contribution is 6.07. The average Bonchev–Trinajstić information content (AvgIpc) is 3.33. The lowest BCUT2D eigenvalue weighted by Gasteiger charge is -2.59. The van der Waals surface area contributed by atoms with Crippen molar-refractivity contribution in [2.24, 2.45) is 38.6 Å². The van der Waals surface area contributed by atoms with Crippen LogP contribution < -0.4 is 0 Å². The molecule has 1 aromatic rings. The quantitative estimate of drug-likeness (QED) is 0.548. The summed E-state index contributed by atoms with van der Waals surface area (Å²) in [4.78, 5) is 35.0. The number of allylic oxidation sites excluding steroid dienone is 4. The summed E-state index contributed by atoms with van der Waals surface area (Å²) in [6.07, 6.45) is 8.53. The average molecular weight is 531 g/mol. The Morgan fingerprint density at radius 1 is 1.26 bits per heavy atom. The zero-order valence-corrected chi connectivity index (χ0v) is 23.4. The van der Waals surface area contributed by atoms with Gasteiger partial charge in [-0.25, -0.2) is 9.98 Å². The second-order valence-corrected chi connectivity index (χ2v) is 12.6. The maximum Gasteiger partial charge on any atom is 0.303 e. The Hall–Kier alpha value is -3.06. The molecule has 0 unspecified atom stereocenters. The van der Waals surface area contributed by atoms with Crippen LogP contribution in [0, 0.1) is 35.5 Å². The standard InChI is InChI=1S/C32H38N2O5/c1-18-7-6-8-22(13-18)33-23-11-12-30(4)21(14-23)9-10-24-25-15-28-32(34-19(2)39-28,27(37)17-38-20(3)35)31(25,5)16-26(36)29(24)30/h6-8,11-14,24-26,28-29,36H,9-10,15-17H2,1-5H3/t24-,25-,26-,28+,29+,30-,31-,32+/m0/s1. The molecule has 39 heavy (non-hydrogen) atoms. The lowest BCUT2D eigenvalue weighted by Crippen LogP contribution is -2.62. The highest BCUT2D eigenvalue weighted by Gasteiger charge is 2.74. The van der Waals surface area contributed by atoms with Gasteiger partial charge in [0.2, 0.25) is 5.78 Å². The van der Waals surface area contributed by atoms with E-state index in [0.29, 0.717) is 18.7 Å². The Morgan fingerprint density at radius 2 is 2.05 bits per heavy atom. The third-order valence-electron chi connectivity index (χ3n) is 10.4. The van der Waals surface area contributed by atoms with E-state index in [4.69, 9.17) is 19.5 Å². The molecule has 7 nitrogen and oxygen atoms in total. The van der Waals surface area contributed by atoms with E-state index in [1.54, 1.807) is 6.92 Å². The first-order valence-corrected chi connectivity index (χ1v) is 14.1. The predicted octanol–water partition coefficient (Wildman–Crippen LogP) is 5.08. The van der Waals surface area contributed by atoms with Crippen molar-refractivity contribution in [3.8, 4) is 0 Å². The normalized spacial score (nSPS) is 41.0. The van der Waals surface area contributed by atoms with Gasteiger partial charge in [0.05, 0.1) is 17.5 Å². The molecule has 7 heteroatoms. The fraction of sp³-hybridized carbons (Fsp3) is 0.562. The van der Waals surface area contributed by atoms with Gasteiger partial charge in [-0.2, -0.15) is 0 Å². The van der Waals surface area contributed by atoms with Crippen molar-refractivity contribution >= 4 is 29.0 Å². The Labute approximate surface area is 230 Å². The highest BCUT2D eigenvalue weighted by Crippen LogP contribution is 2.69. The first-order chi connectivity index (χ1) is 18.5.